The molecule has 1 radical (unpaired) electrons. The molecule has 0 aromatic heterocycles. The van der Waals surface area contributed by atoms with E-state index in [1.165, 1.54) is 0 Å². The Morgan fingerprint density at radius 3 is 0.973 bits per heavy atom. The number of aliphatic hydroxyl groups is 10. The van der Waals surface area contributed by atoms with Crippen molar-refractivity contribution in [3.05, 3.63) is 23.3 Å². The number of carboxylic acid groups (broad SMARTS) is 6. The zero-order valence-electron chi connectivity index (χ0n) is 65.5. The van der Waals surface area contributed by atoms with E-state index in [1.807, 2.05) is 26.0 Å². The number of fused-ring (bicyclic) bond motifs is 14. The van der Waals surface area contributed by atoms with Crippen molar-refractivity contribution in [2.75, 3.05) is 0 Å². The predicted molar refractivity (Wildman–Crippen MR) is 381 cm³/mol. The molecule has 14 rings (SSSR count). The number of rotatable bonds is 14. The number of aliphatic carboxylic acids is 6. The maximum absolute atomic E-state index is 14.6. The molecular formula is C80H116MnO32. The number of allylic oxidation sites excluding steroid dienone is 4. The fourth-order valence-electron chi connectivity index (χ4n) is 24.8. The number of carbonyl (C=O) groups excluding carboxylic acids is 2. The van der Waals surface area contributed by atoms with Crippen LogP contribution in [0.3, 0.4) is 0 Å². The van der Waals surface area contributed by atoms with Gasteiger partial charge in [-0.15, -0.1) is 0 Å². The third kappa shape index (κ3) is 14.1. The first-order valence-electron chi connectivity index (χ1n) is 40.0. The van der Waals surface area contributed by atoms with E-state index in [9.17, 15) is 120 Å². The van der Waals surface area contributed by atoms with Crippen molar-refractivity contribution in [2.45, 2.75) is 333 Å². The van der Waals surface area contributed by atoms with Gasteiger partial charge in [-0.2, -0.15) is 0 Å². The molecule has 0 bridgehead atoms. The Hall–Kier alpha value is -4.56. The standard InChI is InChI=1S/2C40H58O16.Mn/c2*1-36-10-11-37(2,35(51)52)16-20(36)19-15-21(41)30-38(3)8-7-18(14-17(38)6-9-40(30,5)39(19,4)13-12-36)53-34-29(25(45)24(44)28(55-34)32(49)50)56-33-26(46)22(42)23(43)27(54-33)31(47)48;/h2*15,17-18,20,22-30,33-34,42-46H,6-14,16H2,1-5H3,(H,47,48)(H,49,50)(H,51,52);. The van der Waals surface area contributed by atoms with Crippen molar-refractivity contribution in [1.82, 2.24) is 0 Å². The average molecular weight is 1640 g/mol. The van der Waals surface area contributed by atoms with E-state index in [-0.39, 0.29) is 85.8 Å². The molecule has 14 aliphatic rings. The van der Waals surface area contributed by atoms with Crippen LogP contribution in [0.15, 0.2) is 23.3 Å². The number of ether oxygens (including phenoxy) is 8. The fourth-order valence-corrected chi connectivity index (χ4v) is 24.8. The van der Waals surface area contributed by atoms with Crippen LogP contribution in [0.1, 0.15) is 198 Å². The van der Waals surface area contributed by atoms with Crippen LogP contribution in [0.2, 0.25) is 0 Å². The molecule has 38 atom stereocenters. The molecule has 4 saturated heterocycles. The average Bonchev–Trinajstić information content (AvgIpc) is 0.681. The summed E-state index contributed by atoms with van der Waals surface area (Å²) in [4.78, 5) is 102. The number of ketones is 2. The molecule has 4 aliphatic heterocycles. The number of carbonyl (C=O) groups is 8. The van der Waals surface area contributed by atoms with Crippen LogP contribution in [0, 0.1) is 89.7 Å². The van der Waals surface area contributed by atoms with E-state index in [2.05, 4.69) is 55.4 Å². The topological polar surface area (TPSA) is 534 Å². The molecule has 32 nitrogen and oxygen atoms in total. The summed E-state index contributed by atoms with van der Waals surface area (Å²) in [5.74, 6) is -8.63. The first-order chi connectivity index (χ1) is 52.0. The van der Waals surface area contributed by atoms with Gasteiger partial charge in [0.1, 0.15) is 73.2 Å². The molecule has 113 heavy (non-hydrogen) atoms. The van der Waals surface area contributed by atoms with Crippen LogP contribution in [0.4, 0.5) is 0 Å². The van der Waals surface area contributed by atoms with Gasteiger partial charge in [-0.3, -0.25) is 19.2 Å². The van der Waals surface area contributed by atoms with Gasteiger partial charge in [-0.25, -0.2) is 19.2 Å². The van der Waals surface area contributed by atoms with Gasteiger partial charge in [-0.1, -0.05) is 66.5 Å². The second-order valence-corrected chi connectivity index (χ2v) is 38.6. The van der Waals surface area contributed by atoms with Crippen LogP contribution in [-0.4, -0.2) is 264 Å². The molecule has 4 heterocycles. The Morgan fingerprint density at radius 1 is 0.363 bits per heavy atom. The van der Waals surface area contributed by atoms with Gasteiger partial charge in [0.05, 0.1) is 23.0 Å². The van der Waals surface area contributed by atoms with Crippen molar-refractivity contribution < 1.29 is 175 Å². The molecule has 0 spiro atoms. The van der Waals surface area contributed by atoms with E-state index in [1.54, 1.807) is 0 Å². The summed E-state index contributed by atoms with van der Waals surface area (Å²) in [6.07, 6.45) is -22.8. The Morgan fingerprint density at radius 2 is 0.664 bits per heavy atom. The molecule has 8 saturated carbocycles. The van der Waals surface area contributed by atoms with Crippen LogP contribution >= 0.6 is 0 Å². The largest absolute Gasteiger partial charge is 0.481 e. The van der Waals surface area contributed by atoms with Crippen molar-refractivity contribution in [3.8, 4) is 0 Å². The molecule has 0 aromatic rings. The number of hydrogen-bond acceptors (Lipinski definition) is 26. The van der Waals surface area contributed by atoms with E-state index >= 15 is 0 Å². The fraction of sp³-hybridized carbons (Fsp3) is 0.850. The zero-order chi connectivity index (χ0) is 82.2. The van der Waals surface area contributed by atoms with Gasteiger partial charge >= 0.3 is 35.8 Å². The maximum atomic E-state index is 14.6. The van der Waals surface area contributed by atoms with Crippen LogP contribution in [0.5, 0.6) is 0 Å². The summed E-state index contributed by atoms with van der Waals surface area (Å²) >= 11 is 0. The minimum absolute atomic E-state index is 0. The second kappa shape index (κ2) is 30.6. The number of aliphatic hydroxyl groups excluding tert-OH is 10. The van der Waals surface area contributed by atoms with Gasteiger partial charge in [0, 0.05) is 28.9 Å². The first kappa shape index (κ1) is 87.7. The molecule has 12 fully saturated rings. The Balaban J connectivity index is 0.000000208. The second-order valence-electron chi connectivity index (χ2n) is 38.6. The Labute approximate surface area is 665 Å². The third-order valence-electron chi connectivity index (χ3n) is 32.7. The molecule has 38 unspecified atom stereocenters. The van der Waals surface area contributed by atoms with E-state index < -0.39 is 203 Å². The smallest absolute Gasteiger partial charge is 0.335 e. The Bertz CT molecular complexity index is 3550. The summed E-state index contributed by atoms with van der Waals surface area (Å²) in [6.45, 7) is 21.6. The molecule has 635 valence electrons. The van der Waals surface area contributed by atoms with E-state index in [0.717, 1.165) is 75.4 Å². The molecule has 33 heteroatoms. The van der Waals surface area contributed by atoms with Crippen molar-refractivity contribution in [2.24, 2.45) is 89.7 Å². The molecule has 16 N–H and O–H groups in total. The van der Waals surface area contributed by atoms with Crippen molar-refractivity contribution in [1.29, 1.82) is 0 Å². The summed E-state index contributed by atoms with van der Waals surface area (Å²) in [7, 11) is 0. The predicted octanol–water partition coefficient (Wildman–Crippen LogP) is 3.22. The van der Waals surface area contributed by atoms with Gasteiger partial charge in [-0.05, 0) is 221 Å². The van der Waals surface area contributed by atoms with Crippen LogP contribution < -0.4 is 0 Å². The summed E-state index contributed by atoms with van der Waals surface area (Å²) in [6, 6.07) is 0. The van der Waals surface area contributed by atoms with E-state index in [0.29, 0.717) is 64.2 Å². The molecule has 0 aromatic carbocycles. The molecule has 0 amide bonds. The molecule has 10 aliphatic carbocycles. The van der Waals surface area contributed by atoms with Gasteiger partial charge < -0.3 is 120 Å². The zero-order valence-corrected chi connectivity index (χ0v) is 66.7. The third-order valence-corrected chi connectivity index (χ3v) is 32.7. The van der Waals surface area contributed by atoms with Gasteiger partial charge in [0.25, 0.3) is 0 Å². The van der Waals surface area contributed by atoms with Crippen molar-refractivity contribution in [3.63, 3.8) is 0 Å². The Kier molecular flexibility index (Phi) is 23.8. The SMILES string of the molecule is CC1(C(=O)O)CCC2(C)CCC3(C)C(=CC(=O)C4C5(C)CCC(OC6OC(C(=O)O)C(O)C(O)C6OC6OC(C(=O)O)C(O)C(O)C6O)CC5CCC43C)C2C1.CC1(C(=O)O)CCC2(C)CCC3(C)C(=CC(=O)C4C5(C)CCC(OC6OC(C(=O)O)C(O)C(O)C6OC6OC(C(=O)O)C(O)C(O)C6O)CC5CCC43C)C2C1.[Mn]. The van der Waals surface area contributed by atoms with Gasteiger partial charge in [0.15, 0.2) is 61.1 Å². The van der Waals surface area contributed by atoms with Gasteiger partial charge in [0.2, 0.25) is 0 Å². The first-order valence-corrected chi connectivity index (χ1v) is 40.0. The van der Waals surface area contributed by atoms with Crippen molar-refractivity contribution >= 4 is 47.4 Å². The molecular weight excluding hydrogens is 1530 g/mol. The van der Waals surface area contributed by atoms with E-state index in [4.69, 9.17) is 37.9 Å². The number of carboxylic acids is 6. The minimum atomic E-state index is -2.03. The van der Waals surface area contributed by atoms with Crippen LogP contribution in [0.25, 0.3) is 0 Å². The number of hydrogen-bond donors (Lipinski definition) is 16. The quantitative estimate of drug-likeness (QED) is 0.0877. The van der Waals surface area contributed by atoms with Crippen LogP contribution in [-0.2, 0) is 93.3 Å². The monoisotopic (exact) mass is 1640 g/mol. The summed E-state index contributed by atoms with van der Waals surface area (Å²) < 4.78 is 45.9. The minimum Gasteiger partial charge on any atom is -0.481 e. The normalized spacial score (nSPS) is 52.6. The summed E-state index contributed by atoms with van der Waals surface area (Å²) in [5, 5.41) is 165. The maximum Gasteiger partial charge on any atom is 0.335 e. The summed E-state index contributed by atoms with van der Waals surface area (Å²) in [5.41, 5.74) is -1.94.